The van der Waals surface area contributed by atoms with Crippen LogP contribution in [0.1, 0.15) is 17.0 Å². The summed E-state index contributed by atoms with van der Waals surface area (Å²) in [5.41, 5.74) is 1.05. The van der Waals surface area contributed by atoms with Gasteiger partial charge < -0.3 is 4.74 Å². The molecule has 0 aromatic heterocycles. The molecule has 20 heavy (non-hydrogen) atoms. The van der Waals surface area contributed by atoms with Gasteiger partial charge in [-0.05, 0) is 17.7 Å². The number of rotatable bonds is 5. The number of thiol groups is 1. The number of nitriles is 1. The fourth-order valence-corrected chi connectivity index (χ4v) is 2.22. The number of halogens is 1. The molecular formula is C16H14FNOS. The van der Waals surface area contributed by atoms with Crippen molar-refractivity contribution >= 4 is 12.6 Å². The van der Waals surface area contributed by atoms with Crippen molar-refractivity contribution in [2.75, 3.05) is 12.4 Å². The van der Waals surface area contributed by atoms with E-state index in [0.717, 1.165) is 5.56 Å². The molecule has 1 unspecified atom stereocenters. The van der Waals surface area contributed by atoms with Crippen LogP contribution in [0.4, 0.5) is 4.39 Å². The van der Waals surface area contributed by atoms with Crippen LogP contribution in [0.3, 0.4) is 0 Å². The first kappa shape index (κ1) is 14.4. The molecule has 0 radical (unpaired) electrons. The zero-order chi connectivity index (χ0) is 14.4. The summed E-state index contributed by atoms with van der Waals surface area (Å²) < 4.78 is 19.1. The summed E-state index contributed by atoms with van der Waals surface area (Å²) in [6.07, 6.45) is 0. The lowest BCUT2D eigenvalue weighted by Crippen LogP contribution is -2.12. The lowest BCUT2D eigenvalue weighted by molar-refractivity contribution is 0.295. The van der Waals surface area contributed by atoms with Crippen LogP contribution >= 0.6 is 12.6 Å². The summed E-state index contributed by atoms with van der Waals surface area (Å²) >= 11 is 4.32. The summed E-state index contributed by atoms with van der Waals surface area (Å²) in [6.45, 7) is 0.353. The smallest absolute Gasteiger partial charge is 0.144 e. The number of benzene rings is 2. The van der Waals surface area contributed by atoms with E-state index in [-0.39, 0.29) is 17.2 Å². The predicted octanol–water partition coefficient (Wildman–Crippen LogP) is 3.79. The summed E-state index contributed by atoms with van der Waals surface area (Å²) in [7, 11) is 0. The normalized spacial score (nSPS) is 11.7. The quantitative estimate of drug-likeness (QED) is 0.849. The van der Waals surface area contributed by atoms with Crippen LogP contribution < -0.4 is 4.74 Å². The molecule has 4 heteroatoms. The van der Waals surface area contributed by atoms with Crippen molar-refractivity contribution in [2.24, 2.45) is 0 Å². The van der Waals surface area contributed by atoms with Gasteiger partial charge in [-0.1, -0.05) is 36.4 Å². The maximum atomic E-state index is 13.5. The maximum Gasteiger partial charge on any atom is 0.144 e. The van der Waals surface area contributed by atoms with Crippen molar-refractivity contribution in [1.82, 2.24) is 0 Å². The molecule has 2 aromatic rings. The van der Waals surface area contributed by atoms with E-state index in [0.29, 0.717) is 12.4 Å². The van der Waals surface area contributed by atoms with Crippen LogP contribution in [-0.4, -0.2) is 12.4 Å². The number of nitrogens with zero attached hydrogens (tertiary/aromatic N) is 1. The second kappa shape index (κ2) is 6.97. The first-order chi connectivity index (χ1) is 9.76. The molecule has 102 valence electrons. The Morgan fingerprint density at radius 3 is 2.55 bits per heavy atom. The minimum Gasteiger partial charge on any atom is -0.491 e. The number of hydrogen-bond donors (Lipinski definition) is 1. The van der Waals surface area contributed by atoms with Gasteiger partial charge in [0.25, 0.3) is 0 Å². The second-order valence-electron chi connectivity index (χ2n) is 4.33. The summed E-state index contributed by atoms with van der Waals surface area (Å²) in [4.78, 5) is 0. The number of ether oxygens (including phenoxy) is 1. The molecule has 0 saturated heterocycles. The van der Waals surface area contributed by atoms with Gasteiger partial charge in [0.2, 0.25) is 0 Å². The standard InChI is InChI=1S/C16H14FNOS/c17-15-7-4-8-16(14(15)9-18)19-10-13(11-20)12-5-2-1-3-6-12/h1-8,13,20H,10-11H2. The molecule has 0 spiro atoms. The lowest BCUT2D eigenvalue weighted by atomic mass is 10.0. The van der Waals surface area contributed by atoms with E-state index in [9.17, 15) is 4.39 Å². The predicted molar refractivity (Wildman–Crippen MR) is 79.6 cm³/mol. The van der Waals surface area contributed by atoms with Crippen molar-refractivity contribution < 1.29 is 9.13 Å². The Kier molecular flexibility index (Phi) is 5.03. The van der Waals surface area contributed by atoms with Gasteiger partial charge in [-0.2, -0.15) is 17.9 Å². The first-order valence-corrected chi connectivity index (χ1v) is 6.86. The molecule has 0 N–H and O–H groups in total. The monoisotopic (exact) mass is 287 g/mol. The van der Waals surface area contributed by atoms with Gasteiger partial charge in [-0.3, -0.25) is 0 Å². The molecular weight excluding hydrogens is 273 g/mol. The highest BCUT2D eigenvalue weighted by Crippen LogP contribution is 2.23. The Morgan fingerprint density at radius 1 is 1.15 bits per heavy atom. The molecule has 0 aliphatic heterocycles. The van der Waals surface area contributed by atoms with Gasteiger partial charge in [0, 0.05) is 11.7 Å². The molecule has 2 rings (SSSR count). The topological polar surface area (TPSA) is 33.0 Å². The van der Waals surface area contributed by atoms with E-state index < -0.39 is 5.82 Å². The zero-order valence-corrected chi connectivity index (χ0v) is 11.7. The molecule has 0 heterocycles. The van der Waals surface area contributed by atoms with Crippen LogP contribution in [0.25, 0.3) is 0 Å². The molecule has 2 aromatic carbocycles. The molecule has 0 bridgehead atoms. The molecule has 1 atom stereocenters. The lowest BCUT2D eigenvalue weighted by Gasteiger charge is -2.16. The van der Waals surface area contributed by atoms with Gasteiger partial charge in [0.15, 0.2) is 0 Å². The van der Waals surface area contributed by atoms with E-state index in [1.54, 1.807) is 6.07 Å². The second-order valence-corrected chi connectivity index (χ2v) is 4.69. The van der Waals surface area contributed by atoms with Gasteiger partial charge >= 0.3 is 0 Å². The first-order valence-electron chi connectivity index (χ1n) is 6.23. The third-order valence-electron chi connectivity index (χ3n) is 3.02. The summed E-state index contributed by atoms with van der Waals surface area (Å²) in [5.74, 6) is 0.415. The minimum atomic E-state index is -0.563. The molecule has 0 aliphatic carbocycles. The minimum absolute atomic E-state index is 0.0570. The van der Waals surface area contributed by atoms with Gasteiger partial charge in [-0.15, -0.1) is 0 Å². The molecule has 0 amide bonds. The number of hydrogen-bond acceptors (Lipinski definition) is 3. The van der Waals surface area contributed by atoms with Crippen molar-refractivity contribution in [1.29, 1.82) is 5.26 Å². The fourth-order valence-electron chi connectivity index (χ4n) is 1.90. The molecule has 0 aliphatic rings. The third-order valence-corrected chi connectivity index (χ3v) is 3.46. The largest absolute Gasteiger partial charge is 0.491 e. The van der Waals surface area contributed by atoms with Gasteiger partial charge in [0.05, 0.1) is 6.61 Å². The van der Waals surface area contributed by atoms with Gasteiger partial charge in [-0.25, -0.2) is 4.39 Å². The van der Waals surface area contributed by atoms with Crippen LogP contribution in [0.15, 0.2) is 48.5 Å². The highest BCUT2D eigenvalue weighted by atomic mass is 32.1. The maximum absolute atomic E-state index is 13.5. The SMILES string of the molecule is N#Cc1c(F)cccc1OCC(CS)c1ccccc1. The van der Waals surface area contributed by atoms with E-state index in [1.807, 2.05) is 36.4 Å². The van der Waals surface area contributed by atoms with Crippen molar-refractivity contribution in [3.8, 4) is 11.8 Å². The Morgan fingerprint density at radius 2 is 1.90 bits per heavy atom. The van der Waals surface area contributed by atoms with E-state index in [2.05, 4.69) is 12.6 Å². The third kappa shape index (κ3) is 3.31. The van der Waals surface area contributed by atoms with Crippen LogP contribution in [0.2, 0.25) is 0 Å². The molecule has 0 fully saturated rings. The van der Waals surface area contributed by atoms with E-state index in [1.165, 1.54) is 12.1 Å². The van der Waals surface area contributed by atoms with Crippen LogP contribution in [-0.2, 0) is 0 Å². The molecule has 2 nitrogen and oxygen atoms in total. The van der Waals surface area contributed by atoms with Crippen molar-refractivity contribution in [3.05, 3.63) is 65.5 Å². The van der Waals surface area contributed by atoms with E-state index in [4.69, 9.17) is 10.00 Å². The Labute approximate surface area is 123 Å². The van der Waals surface area contributed by atoms with Gasteiger partial charge in [0.1, 0.15) is 23.2 Å². The van der Waals surface area contributed by atoms with Crippen LogP contribution in [0.5, 0.6) is 5.75 Å². The fraction of sp³-hybridized carbons (Fsp3) is 0.188. The highest BCUT2D eigenvalue weighted by molar-refractivity contribution is 7.80. The Balaban J connectivity index is 2.12. The average molecular weight is 287 g/mol. The summed E-state index contributed by atoms with van der Waals surface area (Å²) in [6, 6.07) is 16.1. The van der Waals surface area contributed by atoms with E-state index >= 15 is 0 Å². The highest BCUT2D eigenvalue weighted by Gasteiger charge is 2.13. The zero-order valence-electron chi connectivity index (χ0n) is 10.8. The van der Waals surface area contributed by atoms with Crippen molar-refractivity contribution in [3.63, 3.8) is 0 Å². The average Bonchev–Trinajstić information content (AvgIpc) is 2.49. The van der Waals surface area contributed by atoms with Crippen molar-refractivity contribution in [2.45, 2.75) is 5.92 Å². The van der Waals surface area contributed by atoms with Crippen LogP contribution in [0, 0.1) is 17.1 Å². The molecule has 0 saturated carbocycles. The Hall–Kier alpha value is -1.99. The summed E-state index contributed by atoms with van der Waals surface area (Å²) in [5, 5.41) is 8.95. The Bertz CT molecular complexity index is 610.